The second-order valence-electron chi connectivity index (χ2n) is 1.87. The Morgan fingerprint density at radius 1 is 1.44 bits per heavy atom. The highest BCUT2D eigenvalue weighted by Crippen LogP contribution is 2.05. The lowest BCUT2D eigenvalue weighted by atomic mass is 10.3. The minimum Gasteiger partial charge on any atom is -0.206 e. The van der Waals surface area contributed by atoms with E-state index in [9.17, 15) is 4.39 Å². The third kappa shape index (κ3) is 1.51. The van der Waals surface area contributed by atoms with E-state index in [1.165, 1.54) is 0 Å². The van der Waals surface area contributed by atoms with Crippen LogP contribution in [-0.4, -0.2) is 10.2 Å². The van der Waals surface area contributed by atoms with Gasteiger partial charge in [0, 0.05) is 13.8 Å². The van der Waals surface area contributed by atoms with Crippen molar-refractivity contribution in [3.05, 3.63) is 27.6 Å². The SMILES string of the molecule is Fc1c([SiH3])cccc1I. The van der Waals surface area contributed by atoms with Crippen molar-refractivity contribution >= 4 is 38.0 Å². The van der Waals surface area contributed by atoms with Crippen LogP contribution >= 0.6 is 22.6 Å². The molecular weight excluding hydrogens is 246 g/mol. The number of rotatable bonds is 0. The lowest BCUT2D eigenvalue weighted by Crippen LogP contribution is -2.08. The second-order valence-corrected chi connectivity index (χ2v) is 4.11. The topological polar surface area (TPSA) is 0 Å². The van der Waals surface area contributed by atoms with E-state index >= 15 is 0 Å². The molecule has 1 aromatic carbocycles. The fourth-order valence-corrected chi connectivity index (χ4v) is 2.22. The summed E-state index contributed by atoms with van der Waals surface area (Å²) in [4.78, 5) is 0. The third-order valence-corrected chi connectivity index (χ3v) is 2.75. The monoisotopic (exact) mass is 252 g/mol. The molecule has 0 spiro atoms. The van der Waals surface area contributed by atoms with Gasteiger partial charge in [0.05, 0.1) is 0 Å². The Morgan fingerprint density at radius 3 is 2.56 bits per heavy atom. The largest absolute Gasteiger partial charge is 0.206 e. The maximum Gasteiger partial charge on any atom is 0.134 e. The minimum atomic E-state index is -0.0373. The van der Waals surface area contributed by atoms with Crippen molar-refractivity contribution in [2.45, 2.75) is 0 Å². The summed E-state index contributed by atoms with van der Waals surface area (Å²) < 4.78 is 13.5. The first-order chi connectivity index (χ1) is 4.22. The molecule has 0 saturated carbocycles. The Morgan fingerprint density at radius 2 is 2.11 bits per heavy atom. The Labute approximate surface area is 70.0 Å². The fraction of sp³-hybridized carbons (Fsp3) is 0. The average molecular weight is 252 g/mol. The van der Waals surface area contributed by atoms with E-state index in [0.717, 1.165) is 19.0 Å². The predicted molar refractivity (Wildman–Crippen MR) is 48.7 cm³/mol. The van der Waals surface area contributed by atoms with E-state index in [1.54, 1.807) is 6.07 Å². The van der Waals surface area contributed by atoms with Gasteiger partial charge in [0.25, 0.3) is 0 Å². The van der Waals surface area contributed by atoms with Crippen LogP contribution in [0.15, 0.2) is 18.2 Å². The van der Waals surface area contributed by atoms with Crippen molar-refractivity contribution in [1.82, 2.24) is 0 Å². The lowest BCUT2D eigenvalue weighted by molar-refractivity contribution is 0.629. The van der Waals surface area contributed by atoms with Gasteiger partial charge in [-0.1, -0.05) is 12.1 Å². The number of halogens is 2. The maximum absolute atomic E-state index is 12.8. The van der Waals surface area contributed by atoms with Gasteiger partial charge in [-0.2, -0.15) is 0 Å². The zero-order chi connectivity index (χ0) is 6.85. The first kappa shape index (κ1) is 7.21. The zero-order valence-electron chi connectivity index (χ0n) is 4.99. The van der Waals surface area contributed by atoms with Gasteiger partial charge in [0.15, 0.2) is 0 Å². The summed E-state index contributed by atoms with van der Waals surface area (Å²) >= 11 is 2.00. The highest BCUT2D eigenvalue weighted by Gasteiger charge is 1.98. The average Bonchev–Trinajstić information content (AvgIpc) is 1.83. The van der Waals surface area contributed by atoms with Crippen LogP contribution in [0.1, 0.15) is 0 Å². The molecule has 0 bridgehead atoms. The molecule has 9 heavy (non-hydrogen) atoms. The van der Waals surface area contributed by atoms with Crippen molar-refractivity contribution in [1.29, 1.82) is 0 Å². The molecule has 48 valence electrons. The van der Waals surface area contributed by atoms with Gasteiger partial charge in [0.1, 0.15) is 5.82 Å². The second kappa shape index (κ2) is 2.79. The molecule has 0 N–H and O–H groups in total. The molecule has 0 aliphatic carbocycles. The van der Waals surface area contributed by atoms with Gasteiger partial charge >= 0.3 is 0 Å². The molecule has 1 rings (SSSR count). The van der Waals surface area contributed by atoms with E-state index in [4.69, 9.17) is 0 Å². The molecule has 0 aliphatic heterocycles. The first-order valence-corrected chi connectivity index (χ1v) is 4.70. The molecule has 1 aromatic rings. The standard InChI is InChI=1S/C6H6FISi/c7-6-4(8)2-1-3-5(6)9/h1-3H,9H3. The Balaban J connectivity index is 3.25. The Kier molecular flexibility index (Phi) is 2.23. The van der Waals surface area contributed by atoms with Crippen LogP contribution in [0, 0.1) is 9.39 Å². The molecule has 0 saturated heterocycles. The molecule has 0 aliphatic rings. The molecule has 0 amide bonds. The lowest BCUT2D eigenvalue weighted by Gasteiger charge is -1.95. The zero-order valence-corrected chi connectivity index (χ0v) is 9.15. The van der Waals surface area contributed by atoms with E-state index in [-0.39, 0.29) is 5.82 Å². The molecule has 0 atom stereocenters. The Bertz CT molecular complexity index is 204. The minimum absolute atomic E-state index is 0.0373. The van der Waals surface area contributed by atoms with Gasteiger partial charge < -0.3 is 0 Å². The summed E-state index contributed by atoms with van der Waals surface area (Å²) in [6, 6.07) is 5.48. The van der Waals surface area contributed by atoms with Crippen molar-refractivity contribution in [3.8, 4) is 0 Å². The van der Waals surface area contributed by atoms with Crippen LogP contribution in [0.5, 0.6) is 0 Å². The summed E-state index contributed by atoms with van der Waals surface area (Å²) in [5.74, 6) is -0.0373. The Hall–Kier alpha value is 0.0969. The molecule has 0 aromatic heterocycles. The molecular formula is C6H6FISi. The smallest absolute Gasteiger partial charge is 0.134 e. The molecule has 0 unspecified atom stereocenters. The predicted octanol–water partition coefficient (Wildman–Crippen LogP) is 0.421. The van der Waals surface area contributed by atoms with Crippen molar-refractivity contribution in [2.75, 3.05) is 0 Å². The maximum atomic E-state index is 12.8. The van der Waals surface area contributed by atoms with Crippen LogP contribution < -0.4 is 5.19 Å². The van der Waals surface area contributed by atoms with Crippen LogP contribution in [0.2, 0.25) is 0 Å². The molecule has 3 heteroatoms. The van der Waals surface area contributed by atoms with Gasteiger partial charge in [-0.25, -0.2) is 4.39 Å². The van der Waals surface area contributed by atoms with Crippen LogP contribution in [0.3, 0.4) is 0 Å². The summed E-state index contributed by atoms with van der Waals surface area (Å²) in [6.07, 6.45) is 0. The molecule has 0 nitrogen and oxygen atoms in total. The summed E-state index contributed by atoms with van der Waals surface area (Å²) in [5, 5.41) is 0.849. The van der Waals surface area contributed by atoms with Crippen LogP contribution in [0.4, 0.5) is 4.39 Å². The number of hydrogen-bond donors (Lipinski definition) is 0. The highest BCUT2D eigenvalue weighted by molar-refractivity contribution is 14.1. The third-order valence-electron chi connectivity index (χ3n) is 1.14. The van der Waals surface area contributed by atoms with E-state index in [2.05, 4.69) is 0 Å². The van der Waals surface area contributed by atoms with E-state index in [0.29, 0.717) is 0 Å². The van der Waals surface area contributed by atoms with Gasteiger partial charge in [0.2, 0.25) is 0 Å². The summed E-state index contributed by atoms with van der Waals surface area (Å²) in [6.45, 7) is 0. The van der Waals surface area contributed by atoms with Gasteiger partial charge in [-0.3, -0.25) is 0 Å². The quantitative estimate of drug-likeness (QED) is 0.464. The van der Waals surface area contributed by atoms with Crippen molar-refractivity contribution < 1.29 is 4.39 Å². The summed E-state index contributed by atoms with van der Waals surface area (Å²) in [7, 11) is 0.795. The van der Waals surface area contributed by atoms with Crippen molar-refractivity contribution in [3.63, 3.8) is 0 Å². The summed E-state index contributed by atoms with van der Waals surface area (Å²) in [5.41, 5.74) is 0. The molecule has 0 heterocycles. The van der Waals surface area contributed by atoms with Crippen LogP contribution in [0.25, 0.3) is 0 Å². The fourth-order valence-electron chi connectivity index (χ4n) is 0.612. The van der Waals surface area contributed by atoms with Crippen molar-refractivity contribution in [2.24, 2.45) is 0 Å². The van der Waals surface area contributed by atoms with E-state index < -0.39 is 0 Å². The normalized spacial score (nSPS) is 10.0. The molecule has 0 fully saturated rings. The number of benzene rings is 1. The molecule has 0 radical (unpaired) electrons. The van der Waals surface area contributed by atoms with Gasteiger partial charge in [-0.15, -0.1) is 0 Å². The first-order valence-electron chi connectivity index (χ1n) is 2.62. The number of hydrogen-bond acceptors (Lipinski definition) is 0. The highest BCUT2D eigenvalue weighted by atomic mass is 127. The van der Waals surface area contributed by atoms with E-state index in [1.807, 2.05) is 34.7 Å². The van der Waals surface area contributed by atoms with Crippen LogP contribution in [-0.2, 0) is 0 Å². The van der Waals surface area contributed by atoms with Gasteiger partial charge in [-0.05, 0) is 33.8 Å².